The number of furan rings is 1. The minimum absolute atomic E-state index is 0.146. The summed E-state index contributed by atoms with van der Waals surface area (Å²) in [5.41, 5.74) is 0. The van der Waals surface area contributed by atoms with Crippen molar-refractivity contribution in [2.75, 3.05) is 20.8 Å². The van der Waals surface area contributed by atoms with Crippen LogP contribution in [0.4, 0.5) is 0 Å². The molecule has 0 aromatic carbocycles. The van der Waals surface area contributed by atoms with E-state index in [4.69, 9.17) is 13.9 Å². The highest BCUT2D eigenvalue weighted by molar-refractivity contribution is 5.12. The Hall–Kier alpha value is -0.840. The fourth-order valence-corrected chi connectivity index (χ4v) is 2.16. The maximum atomic E-state index is 5.72. The first-order valence-corrected chi connectivity index (χ1v) is 5.71. The maximum absolute atomic E-state index is 5.72. The number of hydrogen-bond donors (Lipinski definition) is 1. The van der Waals surface area contributed by atoms with Gasteiger partial charge in [-0.1, -0.05) is 0 Å². The zero-order chi connectivity index (χ0) is 11.4. The lowest BCUT2D eigenvalue weighted by atomic mass is 10.1. The Labute approximate surface area is 95.9 Å². The summed E-state index contributed by atoms with van der Waals surface area (Å²) in [7, 11) is 3.60. The second kappa shape index (κ2) is 5.48. The van der Waals surface area contributed by atoms with Gasteiger partial charge in [-0.15, -0.1) is 0 Å². The van der Waals surface area contributed by atoms with E-state index >= 15 is 0 Å². The van der Waals surface area contributed by atoms with E-state index in [-0.39, 0.29) is 12.1 Å². The highest BCUT2D eigenvalue weighted by Crippen LogP contribution is 2.27. The van der Waals surface area contributed by atoms with Gasteiger partial charge in [-0.2, -0.15) is 0 Å². The quantitative estimate of drug-likeness (QED) is 0.830. The van der Waals surface area contributed by atoms with Crippen LogP contribution in [0.25, 0.3) is 0 Å². The molecule has 2 unspecified atom stereocenters. The summed E-state index contributed by atoms with van der Waals surface area (Å²) in [6.45, 7) is 1.37. The van der Waals surface area contributed by atoms with Gasteiger partial charge in [0.25, 0.3) is 0 Å². The Bertz CT molecular complexity index is 318. The molecule has 0 spiro atoms. The lowest BCUT2D eigenvalue weighted by Crippen LogP contribution is -2.28. The molecule has 4 heteroatoms. The summed E-state index contributed by atoms with van der Waals surface area (Å²) in [6, 6.07) is 4.10. The van der Waals surface area contributed by atoms with E-state index in [1.807, 2.05) is 19.2 Å². The molecule has 1 fully saturated rings. The minimum atomic E-state index is 0.146. The molecule has 2 heterocycles. The van der Waals surface area contributed by atoms with E-state index in [1.165, 1.54) is 0 Å². The largest absolute Gasteiger partial charge is 0.462 e. The molecule has 2 atom stereocenters. The number of methoxy groups -OCH3 is 1. The summed E-state index contributed by atoms with van der Waals surface area (Å²) in [4.78, 5) is 0. The van der Waals surface area contributed by atoms with E-state index in [9.17, 15) is 0 Å². The van der Waals surface area contributed by atoms with Crippen LogP contribution >= 0.6 is 0 Å². The summed E-state index contributed by atoms with van der Waals surface area (Å²) in [5, 5.41) is 3.26. The molecule has 1 aromatic heterocycles. The highest BCUT2D eigenvalue weighted by Gasteiger charge is 2.28. The maximum Gasteiger partial charge on any atom is 0.129 e. The molecule has 90 valence electrons. The van der Waals surface area contributed by atoms with Gasteiger partial charge in [0.05, 0.1) is 12.1 Å². The van der Waals surface area contributed by atoms with E-state index < -0.39 is 0 Å². The first kappa shape index (κ1) is 11.6. The predicted octanol–water partition coefficient (Wildman–Crippen LogP) is 1.87. The molecule has 1 aromatic rings. The molecular weight excluding hydrogens is 206 g/mol. The van der Waals surface area contributed by atoms with Crippen LogP contribution < -0.4 is 5.32 Å². The van der Waals surface area contributed by atoms with Gasteiger partial charge in [-0.05, 0) is 32.0 Å². The van der Waals surface area contributed by atoms with Crippen LogP contribution in [0.2, 0.25) is 0 Å². The fourth-order valence-electron chi connectivity index (χ4n) is 2.16. The van der Waals surface area contributed by atoms with Crippen LogP contribution in [0, 0.1) is 0 Å². The Kier molecular flexibility index (Phi) is 3.98. The third-order valence-electron chi connectivity index (χ3n) is 2.92. The Morgan fingerprint density at radius 2 is 2.44 bits per heavy atom. The van der Waals surface area contributed by atoms with Gasteiger partial charge in [-0.25, -0.2) is 0 Å². The monoisotopic (exact) mass is 225 g/mol. The molecule has 0 bridgehead atoms. The molecule has 1 N–H and O–H groups in total. The van der Waals surface area contributed by atoms with Crippen LogP contribution in [0.15, 0.2) is 16.5 Å². The van der Waals surface area contributed by atoms with E-state index in [0.29, 0.717) is 6.61 Å². The van der Waals surface area contributed by atoms with Crippen molar-refractivity contribution in [3.05, 3.63) is 23.7 Å². The van der Waals surface area contributed by atoms with Crippen LogP contribution in [-0.4, -0.2) is 26.9 Å². The van der Waals surface area contributed by atoms with Crippen LogP contribution in [0.5, 0.6) is 0 Å². The van der Waals surface area contributed by atoms with E-state index in [1.54, 1.807) is 7.11 Å². The molecule has 4 nitrogen and oxygen atoms in total. The fraction of sp³-hybridized carbons (Fsp3) is 0.667. The average Bonchev–Trinajstić information content (AvgIpc) is 2.92. The van der Waals surface area contributed by atoms with Crippen LogP contribution in [0.1, 0.15) is 30.4 Å². The lowest BCUT2D eigenvalue weighted by Gasteiger charge is -2.20. The molecule has 0 aliphatic carbocycles. The molecular formula is C12H19NO3. The minimum Gasteiger partial charge on any atom is -0.462 e. The van der Waals surface area contributed by atoms with Gasteiger partial charge >= 0.3 is 0 Å². The third kappa shape index (κ3) is 2.45. The molecule has 0 saturated carbocycles. The summed E-state index contributed by atoms with van der Waals surface area (Å²) < 4.78 is 16.4. The van der Waals surface area contributed by atoms with Gasteiger partial charge < -0.3 is 19.2 Å². The molecule has 2 rings (SSSR count). The van der Waals surface area contributed by atoms with Crippen molar-refractivity contribution >= 4 is 0 Å². The van der Waals surface area contributed by atoms with Crippen LogP contribution in [-0.2, 0) is 16.1 Å². The average molecular weight is 225 g/mol. The van der Waals surface area contributed by atoms with E-state index in [0.717, 1.165) is 31.0 Å². The molecule has 1 aliphatic rings. The van der Waals surface area contributed by atoms with Crippen molar-refractivity contribution in [3.63, 3.8) is 0 Å². The topological polar surface area (TPSA) is 43.6 Å². The van der Waals surface area contributed by atoms with E-state index in [2.05, 4.69) is 5.32 Å². The summed E-state index contributed by atoms with van der Waals surface area (Å²) in [5.74, 6) is 1.79. The smallest absolute Gasteiger partial charge is 0.129 e. The van der Waals surface area contributed by atoms with Gasteiger partial charge in [0.1, 0.15) is 18.1 Å². The van der Waals surface area contributed by atoms with Crippen LogP contribution in [0.3, 0.4) is 0 Å². The second-order valence-corrected chi connectivity index (χ2v) is 4.05. The summed E-state index contributed by atoms with van der Waals surface area (Å²) >= 11 is 0. The Morgan fingerprint density at radius 1 is 1.56 bits per heavy atom. The van der Waals surface area contributed by atoms with Gasteiger partial charge in [-0.3, -0.25) is 0 Å². The Morgan fingerprint density at radius 3 is 3.06 bits per heavy atom. The first-order valence-electron chi connectivity index (χ1n) is 5.71. The standard InChI is InChI=1S/C12H19NO3/c1-13-12(10-4-3-7-15-10)11-6-5-9(16-11)8-14-2/h5-6,10,12-13H,3-4,7-8H2,1-2H3. The van der Waals surface area contributed by atoms with Crippen molar-refractivity contribution in [2.45, 2.75) is 31.6 Å². The van der Waals surface area contributed by atoms with Crippen molar-refractivity contribution in [3.8, 4) is 0 Å². The summed E-state index contributed by atoms with van der Waals surface area (Å²) in [6.07, 6.45) is 2.45. The zero-order valence-corrected chi connectivity index (χ0v) is 9.86. The normalized spacial score (nSPS) is 22.5. The molecule has 16 heavy (non-hydrogen) atoms. The van der Waals surface area contributed by atoms with Gasteiger partial charge in [0, 0.05) is 13.7 Å². The third-order valence-corrected chi connectivity index (χ3v) is 2.92. The van der Waals surface area contributed by atoms with Crippen molar-refractivity contribution in [1.29, 1.82) is 0 Å². The number of ether oxygens (including phenoxy) is 2. The molecule has 0 radical (unpaired) electrons. The molecule has 1 saturated heterocycles. The second-order valence-electron chi connectivity index (χ2n) is 4.05. The van der Waals surface area contributed by atoms with Gasteiger partial charge in [0.15, 0.2) is 0 Å². The zero-order valence-electron chi connectivity index (χ0n) is 9.86. The van der Waals surface area contributed by atoms with Gasteiger partial charge in [0.2, 0.25) is 0 Å². The highest BCUT2D eigenvalue weighted by atomic mass is 16.5. The molecule has 1 aliphatic heterocycles. The lowest BCUT2D eigenvalue weighted by molar-refractivity contribution is 0.0721. The van der Waals surface area contributed by atoms with Crippen molar-refractivity contribution in [2.24, 2.45) is 0 Å². The number of nitrogens with one attached hydrogen (secondary N) is 1. The number of hydrogen-bond acceptors (Lipinski definition) is 4. The Balaban J connectivity index is 2.06. The first-order chi connectivity index (χ1) is 7.85. The molecule has 0 amide bonds. The van der Waals surface area contributed by atoms with Crippen molar-refractivity contribution < 1.29 is 13.9 Å². The number of likely N-dealkylation sites (N-methyl/N-ethyl adjacent to an activating group) is 1. The van der Waals surface area contributed by atoms with Crippen molar-refractivity contribution in [1.82, 2.24) is 5.32 Å². The predicted molar refractivity (Wildman–Crippen MR) is 60.2 cm³/mol. The SMILES string of the molecule is CNC(c1ccc(COC)o1)C1CCCO1. The number of rotatable bonds is 5.